The summed E-state index contributed by atoms with van der Waals surface area (Å²) in [6.07, 6.45) is 6.99. The highest BCUT2D eigenvalue weighted by atomic mass is 35.5. The molecule has 0 fully saturated rings. The van der Waals surface area contributed by atoms with Crippen LogP contribution in [-0.4, -0.2) is 25.5 Å². The van der Waals surface area contributed by atoms with Gasteiger partial charge in [-0.2, -0.15) is 10.2 Å². The van der Waals surface area contributed by atoms with Gasteiger partial charge in [-0.1, -0.05) is 41.9 Å². The van der Waals surface area contributed by atoms with Crippen LogP contribution >= 0.6 is 11.6 Å². The number of halogens is 1. The molecule has 0 unspecified atom stereocenters. The number of aromatic nitrogens is 4. The van der Waals surface area contributed by atoms with Crippen molar-refractivity contribution in [2.75, 3.05) is 5.32 Å². The molecular formula is C20H16ClN5O. The molecule has 0 bridgehead atoms. The molecule has 1 N–H and O–H groups in total. The molecule has 0 spiro atoms. The number of hydrogen-bond acceptors (Lipinski definition) is 3. The second-order valence-electron chi connectivity index (χ2n) is 6.02. The molecule has 4 aromatic rings. The number of carbonyl (C=O) groups is 1. The van der Waals surface area contributed by atoms with Gasteiger partial charge in [-0.3, -0.25) is 9.48 Å². The zero-order valence-corrected chi connectivity index (χ0v) is 15.0. The highest BCUT2D eigenvalue weighted by molar-refractivity contribution is 6.30. The predicted octanol–water partition coefficient (Wildman–Crippen LogP) is 4.02. The topological polar surface area (TPSA) is 64.7 Å². The Hall–Kier alpha value is -3.38. The van der Waals surface area contributed by atoms with Gasteiger partial charge < -0.3 is 5.32 Å². The highest BCUT2D eigenvalue weighted by Crippen LogP contribution is 2.14. The first-order chi connectivity index (χ1) is 13.2. The molecule has 0 atom stereocenters. The van der Waals surface area contributed by atoms with E-state index in [1.807, 2.05) is 29.1 Å². The Kier molecular flexibility index (Phi) is 4.72. The van der Waals surface area contributed by atoms with E-state index in [0.29, 0.717) is 22.8 Å². The molecule has 2 aromatic heterocycles. The van der Waals surface area contributed by atoms with E-state index in [2.05, 4.69) is 27.6 Å². The van der Waals surface area contributed by atoms with Crippen molar-refractivity contribution in [3.63, 3.8) is 0 Å². The van der Waals surface area contributed by atoms with Gasteiger partial charge in [0.1, 0.15) is 5.69 Å². The van der Waals surface area contributed by atoms with Crippen molar-refractivity contribution in [1.82, 2.24) is 19.6 Å². The van der Waals surface area contributed by atoms with Crippen LogP contribution in [0.25, 0.3) is 5.69 Å². The first-order valence-corrected chi connectivity index (χ1v) is 8.73. The lowest BCUT2D eigenvalue weighted by atomic mass is 10.2. The van der Waals surface area contributed by atoms with Crippen LogP contribution in [0.1, 0.15) is 15.9 Å². The molecule has 4 rings (SSSR count). The quantitative estimate of drug-likeness (QED) is 0.571. The van der Waals surface area contributed by atoms with Crippen molar-refractivity contribution in [3.05, 3.63) is 95.5 Å². The third-order valence-corrected chi connectivity index (χ3v) is 4.27. The Morgan fingerprint density at radius 2 is 1.74 bits per heavy atom. The summed E-state index contributed by atoms with van der Waals surface area (Å²) >= 11 is 5.85. The van der Waals surface area contributed by atoms with Gasteiger partial charge in [-0.25, -0.2) is 4.68 Å². The van der Waals surface area contributed by atoms with Crippen LogP contribution in [0.5, 0.6) is 0 Å². The number of nitrogens with one attached hydrogen (secondary N) is 1. The number of carbonyl (C=O) groups excluding carboxylic acids is 1. The fraction of sp³-hybridized carbons (Fsp3) is 0.0500. The Balaban J connectivity index is 1.45. The summed E-state index contributed by atoms with van der Waals surface area (Å²) in [5.74, 6) is -0.217. The van der Waals surface area contributed by atoms with E-state index in [0.717, 1.165) is 5.69 Å². The summed E-state index contributed by atoms with van der Waals surface area (Å²) in [7, 11) is 0. The highest BCUT2D eigenvalue weighted by Gasteiger charge is 2.09. The lowest BCUT2D eigenvalue weighted by molar-refractivity contribution is 0.102. The summed E-state index contributed by atoms with van der Waals surface area (Å²) in [5, 5.41) is 12.1. The summed E-state index contributed by atoms with van der Waals surface area (Å²) in [5.41, 5.74) is 3.12. The van der Waals surface area contributed by atoms with Crippen LogP contribution in [0.2, 0.25) is 5.02 Å². The summed E-state index contributed by atoms with van der Waals surface area (Å²) in [4.78, 5) is 12.3. The first-order valence-electron chi connectivity index (χ1n) is 8.36. The molecule has 0 aliphatic rings. The summed E-state index contributed by atoms with van der Waals surface area (Å²) in [6, 6.07) is 16.8. The second kappa shape index (κ2) is 7.47. The van der Waals surface area contributed by atoms with Crippen LogP contribution < -0.4 is 5.32 Å². The molecule has 1 amide bonds. The van der Waals surface area contributed by atoms with Gasteiger partial charge in [0.05, 0.1) is 37.0 Å². The molecule has 0 saturated heterocycles. The molecule has 6 nitrogen and oxygen atoms in total. The molecule has 0 radical (unpaired) electrons. The van der Waals surface area contributed by atoms with E-state index in [4.69, 9.17) is 11.6 Å². The average Bonchev–Trinajstić information content (AvgIpc) is 3.32. The molecule has 0 aliphatic heterocycles. The molecule has 7 heteroatoms. The average molecular weight is 378 g/mol. The number of nitrogens with zero attached hydrogens (tertiary/aromatic N) is 4. The number of hydrogen-bond donors (Lipinski definition) is 1. The lowest BCUT2D eigenvalue weighted by Crippen LogP contribution is -2.11. The van der Waals surface area contributed by atoms with Crippen molar-refractivity contribution >= 4 is 23.2 Å². The Labute approximate surface area is 161 Å². The maximum absolute atomic E-state index is 12.3. The second-order valence-corrected chi connectivity index (χ2v) is 6.45. The van der Waals surface area contributed by atoms with Gasteiger partial charge in [0.15, 0.2) is 0 Å². The van der Waals surface area contributed by atoms with E-state index < -0.39 is 0 Å². The van der Waals surface area contributed by atoms with Crippen LogP contribution in [-0.2, 0) is 6.54 Å². The molecule has 134 valence electrons. The maximum Gasteiger partial charge on any atom is 0.255 e. The number of amides is 1. The monoisotopic (exact) mass is 377 g/mol. The van der Waals surface area contributed by atoms with Crippen LogP contribution in [0.3, 0.4) is 0 Å². The van der Waals surface area contributed by atoms with E-state index in [1.54, 1.807) is 47.5 Å². The standard InChI is InChI=1S/C20H16ClN5O/c21-17-8-6-16(7-9-17)20(27)24-18-10-23-26(13-18)19-11-22-25(14-19)12-15-4-2-1-3-5-15/h1-11,13-14H,12H2,(H,24,27). The summed E-state index contributed by atoms with van der Waals surface area (Å²) in [6.45, 7) is 0.683. The molecule has 2 aromatic carbocycles. The summed E-state index contributed by atoms with van der Waals surface area (Å²) < 4.78 is 3.52. The van der Waals surface area contributed by atoms with Crippen molar-refractivity contribution in [2.24, 2.45) is 0 Å². The van der Waals surface area contributed by atoms with E-state index in [9.17, 15) is 4.79 Å². The van der Waals surface area contributed by atoms with Crippen LogP contribution in [0.15, 0.2) is 79.4 Å². The molecule has 27 heavy (non-hydrogen) atoms. The normalized spacial score (nSPS) is 10.7. The van der Waals surface area contributed by atoms with Gasteiger partial charge in [-0.05, 0) is 29.8 Å². The molecule has 2 heterocycles. The first kappa shape index (κ1) is 17.1. The van der Waals surface area contributed by atoms with Crippen molar-refractivity contribution in [1.29, 1.82) is 0 Å². The fourth-order valence-electron chi connectivity index (χ4n) is 2.66. The zero-order chi connectivity index (χ0) is 18.6. The Morgan fingerprint density at radius 3 is 2.52 bits per heavy atom. The zero-order valence-electron chi connectivity index (χ0n) is 14.3. The largest absolute Gasteiger partial charge is 0.319 e. The maximum atomic E-state index is 12.3. The van der Waals surface area contributed by atoms with Gasteiger partial charge in [0.2, 0.25) is 0 Å². The molecule has 0 aliphatic carbocycles. The smallest absolute Gasteiger partial charge is 0.255 e. The Bertz CT molecular complexity index is 1050. The Morgan fingerprint density at radius 1 is 0.963 bits per heavy atom. The fourth-order valence-corrected chi connectivity index (χ4v) is 2.79. The van der Waals surface area contributed by atoms with Gasteiger partial charge >= 0.3 is 0 Å². The molecular weight excluding hydrogens is 362 g/mol. The van der Waals surface area contributed by atoms with Crippen molar-refractivity contribution in [3.8, 4) is 5.69 Å². The third-order valence-electron chi connectivity index (χ3n) is 4.02. The minimum atomic E-state index is -0.217. The SMILES string of the molecule is O=C(Nc1cnn(-c2cnn(Cc3ccccc3)c2)c1)c1ccc(Cl)cc1. The van der Waals surface area contributed by atoms with Crippen LogP contribution in [0.4, 0.5) is 5.69 Å². The predicted molar refractivity (Wildman–Crippen MR) is 104 cm³/mol. The van der Waals surface area contributed by atoms with Crippen molar-refractivity contribution in [2.45, 2.75) is 6.54 Å². The third kappa shape index (κ3) is 4.07. The number of benzene rings is 2. The van der Waals surface area contributed by atoms with Gasteiger partial charge in [0, 0.05) is 10.6 Å². The van der Waals surface area contributed by atoms with Gasteiger partial charge in [-0.15, -0.1) is 0 Å². The van der Waals surface area contributed by atoms with E-state index in [-0.39, 0.29) is 5.91 Å². The van der Waals surface area contributed by atoms with E-state index >= 15 is 0 Å². The van der Waals surface area contributed by atoms with Gasteiger partial charge in [0.25, 0.3) is 5.91 Å². The number of anilines is 1. The van der Waals surface area contributed by atoms with Crippen molar-refractivity contribution < 1.29 is 4.79 Å². The minimum Gasteiger partial charge on any atom is -0.319 e. The lowest BCUT2D eigenvalue weighted by Gasteiger charge is -2.02. The molecule has 0 saturated carbocycles. The minimum absolute atomic E-state index is 0.217. The van der Waals surface area contributed by atoms with E-state index in [1.165, 1.54) is 5.56 Å². The number of rotatable bonds is 5. The van der Waals surface area contributed by atoms with Crippen LogP contribution in [0, 0.1) is 0 Å².